The van der Waals surface area contributed by atoms with Gasteiger partial charge in [0.25, 0.3) is 5.91 Å². The zero-order valence-corrected chi connectivity index (χ0v) is 26.2. The Balaban J connectivity index is 2.12. The van der Waals surface area contributed by atoms with Crippen molar-refractivity contribution in [2.75, 3.05) is 18.9 Å². The van der Waals surface area contributed by atoms with Gasteiger partial charge in [-0.05, 0) is 24.7 Å². The summed E-state index contributed by atoms with van der Waals surface area (Å²) in [6.45, 7) is 7.70. The number of aliphatic carboxylic acids is 2. The van der Waals surface area contributed by atoms with E-state index in [0.29, 0.717) is 19.4 Å². The van der Waals surface area contributed by atoms with E-state index >= 15 is 0 Å². The molecule has 17 heteroatoms. The van der Waals surface area contributed by atoms with Crippen molar-refractivity contribution in [2.24, 2.45) is 22.6 Å². The number of nitrogens with one attached hydrogen (secondary N) is 4. The summed E-state index contributed by atoms with van der Waals surface area (Å²) in [4.78, 5) is 84.2. The first-order valence-electron chi connectivity index (χ1n) is 14.2. The number of rotatable bonds is 17. The number of anilines is 1. The molecule has 44 heavy (non-hydrogen) atoms. The number of aliphatic imine (C=N–C) groups is 1. The molecule has 244 valence electrons. The number of amides is 4. The Hall–Kier alpha value is -4.12. The van der Waals surface area contributed by atoms with Crippen molar-refractivity contribution < 1.29 is 39.0 Å². The summed E-state index contributed by atoms with van der Waals surface area (Å²) in [6, 6.07) is -4.30. The van der Waals surface area contributed by atoms with Gasteiger partial charge in [-0.15, -0.1) is 11.3 Å². The third-order valence-electron chi connectivity index (χ3n) is 7.26. The molecule has 0 aliphatic carbocycles. The van der Waals surface area contributed by atoms with Crippen molar-refractivity contribution in [3.63, 3.8) is 0 Å². The predicted octanol–water partition coefficient (Wildman–Crippen LogP) is -0.139. The van der Waals surface area contributed by atoms with Gasteiger partial charge in [-0.25, -0.2) is 9.78 Å². The topological polar surface area (TPSA) is 246 Å². The average molecular weight is 639 g/mol. The van der Waals surface area contributed by atoms with E-state index in [4.69, 9.17) is 10.8 Å². The Morgan fingerprint density at radius 3 is 2.36 bits per heavy atom. The van der Waals surface area contributed by atoms with Gasteiger partial charge in [0.05, 0.1) is 18.9 Å². The minimum atomic E-state index is -1.44. The third kappa shape index (κ3) is 10.3. The molecule has 8 N–H and O–H groups in total. The molecule has 0 bridgehead atoms. The lowest BCUT2D eigenvalue weighted by molar-refractivity contribution is -0.143. The van der Waals surface area contributed by atoms with Crippen LogP contribution < -0.4 is 27.0 Å². The highest BCUT2D eigenvalue weighted by Gasteiger charge is 2.37. The lowest BCUT2D eigenvalue weighted by Crippen LogP contribution is -2.58. The van der Waals surface area contributed by atoms with Crippen LogP contribution in [0.1, 0.15) is 63.9 Å². The Labute approximate surface area is 259 Å². The van der Waals surface area contributed by atoms with Crippen molar-refractivity contribution >= 4 is 58.4 Å². The predicted molar refractivity (Wildman–Crippen MR) is 162 cm³/mol. The van der Waals surface area contributed by atoms with E-state index in [0.717, 1.165) is 11.3 Å². The van der Waals surface area contributed by atoms with Crippen molar-refractivity contribution in [2.45, 2.75) is 83.6 Å². The number of thiazole rings is 1. The van der Waals surface area contributed by atoms with Gasteiger partial charge in [0.2, 0.25) is 17.7 Å². The van der Waals surface area contributed by atoms with Gasteiger partial charge in [0.15, 0.2) is 5.13 Å². The minimum Gasteiger partial charge on any atom is -0.481 e. The maximum absolute atomic E-state index is 13.7. The molecule has 1 aromatic heterocycles. The van der Waals surface area contributed by atoms with Crippen LogP contribution in [0.3, 0.4) is 0 Å². The van der Waals surface area contributed by atoms with Gasteiger partial charge in [-0.1, -0.05) is 34.1 Å². The molecule has 0 saturated carbocycles. The first-order valence-corrected chi connectivity index (χ1v) is 15.1. The molecular formula is C27H42N8O8S. The van der Waals surface area contributed by atoms with E-state index in [2.05, 4.69) is 31.2 Å². The lowest BCUT2D eigenvalue weighted by atomic mass is 9.94. The van der Waals surface area contributed by atoms with Crippen LogP contribution in [0, 0.1) is 11.8 Å². The largest absolute Gasteiger partial charge is 0.481 e. The number of hydrogen-bond donors (Lipinski definition) is 7. The summed E-state index contributed by atoms with van der Waals surface area (Å²) in [5.74, 6) is -5.63. The SMILES string of the molecule is CCC(C)[C@H](NC(=O)[C@H](N)CC1CN=CN1)C(=O)N(C)[C@H](C(=O)Nc1nc(C(=O)N[C@@H](CCC(=O)O)C(=O)O)cs1)C(C)C. The molecule has 2 unspecified atom stereocenters. The smallest absolute Gasteiger partial charge is 0.326 e. The third-order valence-corrected chi connectivity index (χ3v) is 8.02. The fourth-order valence-electron chi connectivity index (χ4n) is 4.54. The van der Waals surface area contributed by atoms with E-state index in [-0.39, 0.29) is 35.1 Å². The molecular weight excluding hydrogens is 596 g/mol. The fraction of sp³-hybridized carbons (Fsp3) is 0.630. The van der Waals surface area contributed by atoms with Gasteiger partial charge in [-0.3, -0.25) is 29.0 Å². The molecule has 1 aromatic rings. The van der Waals surface area contributed by atoms with Crippen LogP contribution in [0.5, 0.6) is 0 Å². The lowest BCUT2D eigenvalue weighted by Gasteiger charge is -2.35. The van der Waals surface area contributed by atoms with Gasteiger partial charge in [-0.2, -0.15) is 0 Å². The van der Waals surface area contributed by atoms with Crippen molar-refractivity contribution in [3.05, 3.63) is 11.1 Å². The summed E-state index contributed by atoms with van der Waals surface area (Å²) < 4.78 is 0. The van der Waals surface area contributed by atoms with Crippen LogP contribution in [-0.4, -0.2) is 106 Å². The second kappa shape index (κ2) is 16.7. The van der Waals surface area contributed by atoms with Crippen LogP contribution in [0.2, 0.25) is 0 Å². The van der Waals surface area contributed by atoms with Crippen molar-refractivity contribution in [1.82, 2.24) is 25.8 Å². The highest BCUT2D eigenvalue weighted by atomic mass is 32.1. The van der Waals surface area contributed by atoms with Crippen molar-refractivity contribution in [1.29, 1.82) is 0 Å². The first-order chi connectivity index (χ1) is 20.7. The van der Waals surface area contributed by atoms with Gasteiger partial charge >= 0.3 is 11.9 Å². The molecule has 0 fully saturated rings. The first kappa shape index (κ1) is 36.1. The monoisotopic (exact) mass is 638 g/mol. The molecule has 2 heterocycles. The zero-order chi connectivity index (χ0) is 33.1. The van der Waals surface area contributed by atoms with Gasteiger partial charge < -0.3 is 42.1 Å². The van der Waals surface area contributed by atoms with Crippen molar-refractivity contribution in [3.8, 4) is 0 Å². The molecule has 16 nitrogen and oxygen atoms in total. The molecule has 1 aliphatic rings. The Morgan fingerprint density at radius 1 is 1.14 bits per heavy atom. The summed E-state index contributed by atoms with van der Waals surface area (Å²) in [5, 5.41) is 30.1. The van der Waals surface area contributed by atoms with E-state index in [1.54, 1.807) is 20.2 Å². The second-order valence-corrected chi connectivity index (χ2v) is 11.9. The molecule has 0 saturated heterocycles. The summed E-state index contributed by atoms with van der Waals surface area (Å²) in [7, 11) is 1.47. The number of carbonyl (C=O) groups is 6. The number of carbonyl (C=O) groups excluding carboxylic acids is 4. The van der Waals surface area contributed by atoms with Crippen LogP contribution in [0.25, 0.3) is 0 Å². The number of nitrogens with two attached hydrogens (primary N) is 1. The number of nitrogens with zero attached hydrogens (tertiary/aromatic N) is 3. The molecule has 6 atom stereocenters. The summed E-state index contributed by atoms with van der Waals surface area (Å²) in [5.41, 5.74) is 5.94. The molecule has 4 amide bonds. The maximum Gasteiger partial charge on any atom is 0.326 e. The molecule has 1 aliphatic heterocycles. The Bertz CT molecular complexity index is 1230. The molecule has 2 rings (SSSR count). The quantitative estimate of drug-likeness (QED) is 0.118. The number of carboxylic acids is 2. The number of carboxylic acid groups (broad SMARTS) is 2. The van der Waals surface area contributed by atoms with E-state index in [1.165, 1.54) is 17.3 Å². The zero-order valence-electron chi connectivity index (χ0n) is 25.4. The van der Waals surface area contributed by atoms with E-state index in [1.807, 2.05) is 13.8 Å². The van der Waals surface area contributed by atoms with E-state index < -0.39 is 66.2 Å². The van der Waals surface area contributed by atoms with Crippen LogP contribution in [0.4, 0.5) is 5.13 Å². The van der Waals surface area contributed by atoms with Crippen LogP contribution in [-0.2, 0) is 24.0 Å². The Morgan fingerprint density at radius 2 is 1.82 bits per heavy atom. The van der Waals surface area contributed by atoms with Gasteiger partial charge in [0.1, 0.15) is 23.8 Å². The maximum atomic E-state index is 13.7. The van der Waals surface area contributed by atoms with E-state index in [9.17, 15) is 33.9 Å². The molecule has 0 aromatic carbocycles. The summed E-state index contributed by atoms with van der Waals surface area (Å²) >= 11 is 0.915. The minimum absolute atomic E-state index is 0.0336. The Kier molecular flexibility index (Phi) is 13.7. The average Bonchev–Trinajstić information content (AvgIpc) is 3.64. The second-order valence-electron chi connectivity index (χ2n) is 11.0. The molecule has 0 radical (unpaired) electrons. The summed E-state index contributed by atoms with van der Waals surface area (Å²) in [6.07, 6.45) is 1.68. The van der Waals surface area contributed by atoms with Gasteiger partial charge in [0, 0.05) is 24.9 Å². The standard InChI is InChI=1S/C27H42N8O8S/c1-6-14(4)20(33-22(38)16(28)9-15-10-29-12-30-15)25(41)35(5)21(13(2)3)24(40)34-27-32-18(11-44-27)23(39)31-17(26(42)43)7-8-19(36)37/h11-17,20-21H,6-10,28H2,1-5H3,(H,29,30)(H,31,39)(H,33,38)(H,36,37)(H,42,43)(H,32,34,40)/t14?,15?,16-,17+,20+,21+/m1/s1. The highest BCUT2D eigenvalue weighted by Crippen LogP contribution is 2.20. The molecule has 0 spiro atoms. The fourth-order valence-corrected chi connectivity index (χ4v) is 5.24. The van der Waals surface area contributed by atoms with Crippen LogP contribution >= 0.6 is 11.3 Å². The highest BCUT2D eigenvalue weighted by molar-refractivity contribution is 7.14. The number of likely N-dealkylation sites (N-methyl/N-ethyl adjacent to an activating group) is 1. The van der Waals surface area contributed by atoms with Crippen LogP contribution in [0.15, 0.2) is 10.4 Å². The number of hydrogen-bond acceptors (Lipinski definition) is 11. The normalized spacial score (nSPS) is 17.5. The number of aromatic nitrogens is 1.